The maximum absolute atomic E-state index is 9.12. The number of nitrogens with zero attached hydrogens (tertiary/aromatic N) is 2. The van der Waals surface area contributed by atoms with Crippen LogP contribution in [0.25, 0.3) is 5.69 Å². The van der Waals surface area contributed by atoms with Gasteiger partial charge in [0.05, 0.1) is 5.69 Å². The summed E-state index contributed by atoms with van der Waals surface area (Å²) >= 11 is 0. The van der Waals surface area contributed by atoms with Crippen LogP contribution < -0.4 is 0 Å². The van der Waals surface area contributed by atoms with Gasteiger partial charge in [-0.15, -0.1) is 5.10 Å². The van der Waals surface area contributed by atoms with Crippen LogP contribution in [0.4, 0.5) is 0 Å². The lowest BCUT2D eigenvalue weighted by atomic mass is 10.3. The van der Waals surface area contributed by atoms with E-state index in [0.29, 0.717) is 5.69 Å². The van der Waals surface area contributed by atoms with Gasteiger partial charge in [-0.25, -0.2) is 4.68 Å². The molecule has 1 N–H and O–H groups in total. The molecule has 2 rings (SSSR count). The van der Waals surface area contributed by atoms with Crippen LogP contribution in [0.15, 0.2) is 36.4 Å². The van der Waals surface area contributed by atoms with Crippen LogP contribution in [0.5, 0.6) is 5.88 Å². The van der Waals surface area contributed by atoms with E-state index < -0.39 is 0 Å². The first-order valence-corrected chi connectivity index (χ1v) is 3.94. The Bertz CT molecular complexity index is 406. The second-order valence-corrected chi connectivity index (χ2v) is 2.74. The Balaban J connectivity index is 2.53. The van der Waals surface area contributed by atoms with Gasteiger partial charge in [-0.2, -0.15) is 0 Å². The smallest absolute Gasteiger partial charge is 0.230 e. The van der Waals surface area contributed by atoms with Crippen LogP contribution in [-0.4, -0.2) is 14.9 Å². The van der Waals surface area contributed by atoms with E-state index in [0.717, 1.165) is 5.69 Å². The zero-order valence-electron chi connectivity index (χ0n) is 7.01. The van der Waals surface area contributed by atoms with E-state index in [4.69, 9.17) is 5.11 Å². The molecule has 3 nitrogen and oxygen atoms in total. The first-order chi connectivity index (χ1) is 6.27. The molecule has 0 saturated carbocycles. The average molecular weight is 173 g/mol. The van der Waals surface area contributed by atoms with Crippen molar-refractivity contribution in [2.45, 2.75) is 0 Å². The Morgan fingerprint density at radius 3 is 2.46 bits per heavy atom. The van der Waals surface area contributed by atoms with E-state index in [1.807, 2.05) is 30.3 Å². The first-order valence-electron chi connectivity index (χ1n) is 3.94. The molecule has 1 radical (unpaired) electrons. The molecule has 0 spiro atoms. The number of aromatic hydroxyl groups is 1. The third-order valence-corrected chi connectivity index (χ3v) is 1.77. The zero-order chi connectivity index (χ0) is 9.26. The monoisotopic (exact) mass is 173 g/mol. The fraction of sp³-hybridized carbons (Fsp3) is 0. The summed E-state index contributed by atoms with van der Waals surface area (Å²) in [6.45, 7) is 3.76. The van der Waals surface area contributed by atoms with Gasteiger partial charge in [0.2, 0.25) is 5.88 Å². The third kappa shape index (κ3) is 1.40. The minimum Gasteiger partial charge on any atom is -0.492 e. The van der Waals surface area contributed by atoms with Gasteiger partial charge in [-0.3, -0.25) is 0 Å². The molecule has 1 heterocycles. The van der Waals surface area contributed by atoms with Gasteiger partial charge < -0.3 is 5.11 Å². The van der Waals surface area contributed by atoms with Crippen molar-refractivity contribution in [3.05, 3.63) is 49.0 Å². The van der Waals surface area contributed by atoms with Crippen molar-refractivity contribution in [1.29, 1.82) is 0 Å². The van der Waals surface area contributed by atoms with Crippen LogP contribution in [0.2, 0.25) is 0 Å². The minimum atomic E-state index is -0.00569. The summed E-state index contributed by atoms with van der Waals surface area (Å²) in [4.78, 5) is 0. The molecule has 2 aromatic rings. The summed E-state index contributed by atoms with van der Waals surface area (Å²) in [5, 5.41) is 13.0. The van der Waals surface area contributed by atoms with E-state index in [9.17, 15) is 0 Å². The largest absolute Gasteiger partial charge is 0.492 e. The van der Waals surface area contributed by atoms with Crippen LogP contribution in [0, 0.1) is 6.92 Å². The molecule has 13 heavy (non-hydrogen) atoms. The van der Waals surface area contributed by atoms with E-state index in [2.05, 4.69) is 12.0 Å². The van der Waals surface area contributed by atoms with Crippen molar-refractivity contribution < 1.29 is 5.11 Å². The van der Waals surface area contributed by atoms with Gasteiger partial charge >= 0.3 is 0 Å². The van der Waals surface area contributed by atoms with Crippen molar-refractivity contribution in [2.24, 2.45) is 0 Å². The van der Waals surface area contributed by atoms with Crippen molar-refractivity contribution in [2.75, 3.05) is 0 Å². The predicted octanol–water partition coefficient (Wildman–Crippen LogP) is 1.76. The summed E-state index contributed by atoms with van der Waals surface area (Å²) in [7, 11) is 0. The van der Waals surface area contributed by atoms with Crippen LogP contribution in [0.3, 0.4) is 0 Å². The molecule has 0 unspecified atom stereocenters. The summed E-state index contributed by atoms with van der Waals surface area (Å²) in [6.07, 6.45) is 0. The standard InChI is InChI=1S/C10H9N2O/c1-8-7-10(13)11-12(8)9-5-3-2-4-6-9/h2-7H,1H2,(H,11,13). The lowest BCUT2D eigenvalue weighted by Crippen LogP contribution is -1.97. The molecule has 0 amide bonds. The van der Waals surface area contributed by atoms with Crippen molar-refractivity contribution in [1.82, 2.24) is 9.78 Å². The van der Waals surface area contributed by atoms with Gasteiger partial charge in [-0.05, 0) is 19.1 Å². The topological polar surface area (TPSA) is 38.1 Å². The molecule has 0 saturated heterocycles. The molecular weight excluding hydrogens is 164 g/mol. The summed E-state index contributed by atoms with van der Waals surface area (Å²) in [5.74, 6) is -0.00569. The zero-order valence-corrected chi connectivity index (χ0v) is 7.01. The molecule has 0 atom stereocenters. The molecule has 0 aliphatic heterocycles. The molecule has 1 aromatic heterocycles. The van der Waals surface area contributed by atoms with Crippen LogP contribution in [-0.2, 0) is 0 Å². The Morgan fingerprint density at radius 1 is 1.23 bits per heavy atom. The molecule has 1 aromatic carbocycles. The highest BCUT2D eigenvalue weighted by Gasteiger charge is 2.03. The SMILES string of the molecule is [CH2]c1cc(O)nn1-c1ccccc1. The average Bonchev–Trinajstić information content (AvgIpc) is 2.47. The summed E-state index contributed by atoms with van der Waals surface area (Å²) < 4.78 is 1.59. The number of rotatable bonds is 1. The number of hydrogen-bond donors (Lipinski definition) is 1. The molecule has 65 valence electrons. The van der Waals surface area contributed by atoms with E-state index in [1.54, 1.807) is 4.68 Å². The molecule has 3 heteroatoms. The van der Waals surface area contributed by atoms with Crippen LogP contribution >= 0.6 is 0 Å². The number of hydrogen-bond acceptors (Lipinski definition) is 2. The van der Waals surface area contributed by atoms with Gasteiger partial charge in [0, 0.05) is 11.8 Å². The van der Waals surface area contributed by atoms with E-state index in [-0.39, 0.29) is 5.88 Å². The highest BCUT2D eigenvalue weighted by Crippen LogP contribution is 2.14. The maximum Gasteiger partial charge on any atom is 0.230 e. The van der Waals surface area contributed by atoms with Crippen molar-refractivity contribution >= 4 is 0 Å². The Morgan fingerprint density at radius 2 is 1.92 bits per heavy atom. The third-order valence-electron chi connectivity index (χ3n) is 1.77. The normalized spacial score (nSPS) is 10.2. The highest BCUT2D eigenvalue weighted by atomic mass is 16.3. The second-order valence-electron chi connectivity index (χ2n) is 2.74. The number of para-hydroxylation sites is 1. The lowest BCUT2D eigenvalue weighted by molar-refractivity contribution is 0.448. The van der Waals surface area contributed by atoms with Crippen LogP contribution in [0.1, 0.15) is 5.69 Å². The molecule has 0 aliphatic carbocycles. The maximum atomic E-state index is 9.12. The molecule has 0 aliphatic rings. The van der Waals surface area contributed by atoms with E-state index in [1.165, 1.54) is 6.07 Å². The van der Waals surface area contributed by atoms with Gasteiger partial charge in [0.25, 0.3) is 0 Å². The molecule has 0 fully saturated rings. The summed E-state index contributed by atoms with van der Waals surface area (Å²) in [5.41, 5.74) is 1.57. The second kappa shape index (κ2) is 2.94. The van der Waals surface area contributed by atoms with Gasteiger partial charge in [-0.1, -0.05) is 18.2 Å². The number of aromatic nitrogens is 2. The quantitative estimate of drug-likeness (QED) is 0.713. The summed E-state index contributed by atoms with van der Waals surface area (Å²) in [6, 6.07) is 11.1. The Labute approximate surface area is 76.3 Å². The fourth-order valence-corrected chi connectivity index (χ4v) is 1.20. The predicted molar refractivity (Wildman–Crippen MR) is 49.7 cm³/mol. The Kier molecular flexibility index (Phi) is 1.77. The Hall–Kier alpha value is -1.77. The minimum absolute atomic E-state index is 0.00569. The first kappa shape index (κ1) is 7.86. The molecular formula is C10H9N2O. The van der Waals surface area contributed by atoms with Crippen molar-refractivity contribution in [3.8, 4) is 11.6 Å². The van der Waals surface area contributed by atoms with Gasteiger partial charge in [0.1, 0.15) is 0 Å². The lowest BCUT2D eigenvalue weighted by Gasteiger charge is -2.01. The van der Waals surface area contributed by atoms with Gasteiger partial charge in [0.15, 0.2) is 0 Å². The van der Waals surface area contributed by atoms with Crippen molar-refractivity contribution in [3.63, 3.8) is 0 Å². The fourth-order valence-electron chi connectivity index (χ4n) is 1.20. The number of benzene rings is 1. The highest BCUT2D eigenvalue weighted by molar-refractivity contribution is 5.34. The molecule has 0 bridgehead atoms. The van der Waals surface area contributed by atoms with E-state index >= 15 is 0 Å².